The molecule has 0 unspecified atom stereocenters. The summed E-state index contributed by atoms with van der Waals surface area (Å²) in [5.41, 5.74) is 1.39. The highest BCUT2D eigenvalue weighted by atomic mass is 79.9. The average molecular weight is 329 g/mol. The monoisotopic (exact) mass is 328 g/mol. The van der Waals surface area contributed by atoms with E-state index in [0.29, 0.717) is 0 Å². The molecule has 0 aromatic heterocycles. The van der Waals surface area contributed by atoms with Crippen molar-refractivity contribution in [3.63, 3.8) is 0 Å². The average Bonchev–Trinajstić information content (AvgIpc) is 2.42. The first kappa shape index (κ1) is 14.9. The highest BCUT2D eigenvalue weighted by molar-refractivity contribution is 9.10. The lowest BCUT2D eigenvalue weighted by Crippen LogP contribution is -2.60. The minimum Gasteiger partial charge on any atom is -0.314 e. The van der Waals surface area contributed by atoms with Crippen molar-refractivity contribution < 1.29 is 4.39 Å². The Morgan fingerprint density at radius 2 is 2.11 bits per heavy atom. The van der Waals surface area contributed by atoms with Crippen LogP contribution in [0.25, 0.3) is 0 Å². The predicted molar refractivity (Wildman–Crippen MR) is 80.7 cm³/mol. The summed E-state index contributed by atoms with van der Waals surface area (Å²) >= 11 is 3.47. The Hall–Kier alpha value is -0.450. The van der Waals surface area contributed by atoms with Gasteiger partial charge in [-0.25, -0.2) is 4.39 Å². The molecule has 0 saturated carbocycles. The van der Waals surface area contributed by atoms with Gasteiger partial charge in [0.15, 0.2) is 0 Å². The normalized spacial score (nSPS) is 19.6. The zero-order valence-corrected chi connectivity index (χ0v) is 13.3. The van der Waals surface area contributed by atoms with Gasteiger partial charge < -0.3 is 5.32 Å². The van der Waals surface area contributed by atoms with Crippen LogP contribution < -0.4 is 5.32 Å². The molecule has 19 heavy (non-hydrogen) atoms. The minimum atomic E-state index is -0.187. The predicted octanol–water partition coefficient (Wildman–Crippen LogP) is 3.55. The first-order valence-corrected chi connectivity index (χ1v) is 7.80. The van der Waals surface area contributed by atoms with Crippen LogP contribution in [0.15, 0.2) is 22.7 Å². The van der Waals surface area contributed by atoms with Gasteiger partial charge >= 0.3 is 0 Å². The molecule has 1 saturated heterocycles. The largest absolute Gasteiger partial charge is 0.314 e. The van der Waals surface area contributed by atoms with E-state index in [1.807, 2.05) is 6.07 Å². The summed E-state index contributed by atoms with van der Waals surface area (Å²) in [7, 11) is 0. The van der Waals surface area contributed by atoms with E-state index in [-0.39, 0.29) is 11.4 Å². The van der Waals surface area contributed by atoms with Crippen LogP contribution in [0.2, 0.25) is 0 Å². The van der Waals surface area contributed by atoms with Crippen molar-refractivity contribution in [1.29, 1.82) is 0 Å². The molecule has 1 fully saturated rings. The molecule has 0 amide bonds. The van der Waals surface area contributed by atoms with Crippen LogP contribution in [-0.2, 0) is 6.54 Å². The van der Waals surface area contributed by atoms with E-state index in [1.54, 1.807) is 12.1 Å². The van der Waals surface area contributed by atoms with Gasteiger partial charge in [-0.1, -0.05) is 35.8 Å². The summed E-state index contributed by atoms with van der Waals surface area (Å²) in [6.45, 7) is 8.50. The summed E-state index contributed by atoms with van der Waals surface area (Å²) in [5, 5.41) is 3.50. The molecule has 1 aliphatic heterocycles. The van der Waals surface area contributed by atoms with Crippen molar-refractivity contribution in [3.05, 3.63) is 34.1 Å². The maximum Gasteiger partial charge on any atom is 0.124 e. The Kier molecular flexibility index (Phi) is 4.98. The lowest BCUT2D eigenvalue weighted by molar-refractivity contribution is 0.0446. The summed E-state index contributed by atoms with van der Waals surface area (Å²) in [4.78, 5) is 2.54. The van der Waals surface area contributed by atoms with Gasteiger partial charge in [0.25, 0.3) is 0 Å². The Morgan fingerprint density at radius 1 is 1.37 bits per heavy atom. The van der Waals surface area contributed by atoms with Gasteiger partial charge in [0.1, 0.15) is 5.82 Å². The molecule has 0 atom stereocenters. The lowest BCUT2D eigenvalue weighted by Gasteiger charge is -2.47. The molecule has 2 rings (SSSR count). The van der Waals surface area contributed by atoms with Crippen molar-refractivity contribution in [2.45, 2.75) is 38.8 Å². The van der Waals surface area contributed by atoms with E-state index >= 15 is 0 Å². The van der Waals surface area contributed by atoms with Gasteiger partial charge in [-0.2, -0.15) is 0 Å². The minimum absolute atomic E-state index is 0.187. The molecule has 1 aliphatic rings. The summed E-state index contributed by atoms with van der Waals surface area (Å²) < 4.78 is 14.0. The molecular formula is C15H22BrFN2. The molecule has 1 N–H and O–H groups in total. The standard InChI is InChI=1S/C15H22BrFN2/c1-3-15(4-2)11-18-7-8-19(15)10-12-5-6-13(17)9-14(12)16/h5-6,9,18H,3-4,7-8,10-11H2,1-2H3. The molecule has 1 heterocycles. The molecule has 0 spiro atoms. The number of piperazine rings is 1. The molecule has 4 heteroatoms. The van der Waals surface area contributed by atoms with Crippen LogP contribution in [0.1, 0.15) is 32.3 Å². The topological polar surface area (TPSA) is 15.3 Å². The SMILES string of the molecule is CCC1(CC)CNCCN1Cc1ccc(F)cc1Br. The molecule has 0 radical (unpaired) electrons. The number of benzene rings is 1. The van der Waals surface area contributed by atoms with Gasteiger partial charge in [0.05, 0.1) is 0 Å². The van der Waals surface area contributed by atoms with Crippen molar-refractivity contribution in [3.8, 4) is 0 Å². The number of hydrogen-bond acceptors (Lipinski definition) is 2. The highest BCUT2D eigenvalue weighted by Crippen LogP contribution is 2.29. The van der Waals surface area contributed by atoms with Crippen molar-refractivity contribution in [1.82, 2.24) is 10.2 Å². The van der Waals surface area contributed by atoms with Crippen LogP contribution in [0.4, 0.5) is 4.39 Å². The molecule has 106 valence electrons. The van der Waals surface area contributed by atoms with E-state index in [9.17, 15) is 4.39 Å². The van der Waals surface area contributed by atoms with E-state index in [2.05, 4.69) is 40.0 Å². The van der Waals surface area contributed by atoms with Crippen molar-refractivity contribution >= 4 is 15.9 Å². The molecule has 1 aromatic rings. The van der Waals surface area contributed by atoms with Gasteiger partial charge in [-0.05, 0) is 30.5 Å². The highest BCUT2D eigenvalue weighted by Gasteiger charge is 2.35. The molecule has 0 aliphatic carbocycles. The van der Waals surface area contributed by atoms with E-state index in [4.69, 9.17) is 0 Å². The fourth-order valence-electron chi connectivity index (χ4n) is 2.93. The maximum absolute atomic E-state index is 13.2. The van der Waals surface area contributed by atoms with Crippen LogP contribution in [-0.4, -0.2) is 30.1 Å². The lowest BCUT2D eigenvalue weighted by atomic mass is 9.88. The number of hydrogen-bond donors (Lipinski definition) is 1. The van der Waals surface area contributed by atoms with Crippen molar-refractivity contribution in [2.75, 3.05) is 19.6 Å². The van der Waals surface area contributed by atoms with Crippen LogP contribution in [0.3, 0.4) is 0 Å². The smallest absolute Gasteiger partial charge is 0.124 e. The number of nitrogens with one attached hydrogen (secondary N) is 1. The fraction of sp³-hybridized carbons (Fsp3) is 0.600. The van der Waals surface area contributed by atoms with E-state index in [1.165, 1.54) is 0 Å². The summed E-state index contributed by atoms with van der Waals surface area (Å²) in [6.07, 6.45) is 2.27. The third-order valence-electron chi connectivity index (χ3n) is 4.38. The quantitative estimate of drug-likeness (QED) is 0.909. The number of halogens is 2. The second-order valence-corrected chi connectivity index (χ2v) is 6.12. The summed E-state index contributed by atoms with van der Waals surface area (Å²) in [5.74, 6) is -0.187. The van der Waals surface area contributed by atoms with Crippen LogP contribution >= 0.6 is 15.9 Å². The Morgan fingerprint density at radius 3 is 2.74 bits per heavy atom. The van der Waals surface area contributed by atoms with Gasteiger partial charge in [0.2, 0.25) is 0 Å². The van der Waals surface area contributed by atoms with E-state index in [0.717, 1.165) is 49.1 Å². The van der Waals surface area contributed by atoms with Crippen LogP contribution in [0.5, 0.6) is 0 Å². The second-order valence-electron chi connectivity index (χ2n) is 5.27. The molecule has 0 bridgehead atoms. The Labute approximate surface area is 123 Å². The van der Waals surface area contributed by atoms with Crippen molar-refractivity contribution in [2.24, 2.45) is 0 Å². The maximum atomic E-state index is 13.2. The van der Waals surface area contributed by atoms with Gasteiger partial charge in [0, 0.05) is 36.2 Å². The zero-order chi connectivity index (χ0) is 13.9. The first-order valence-electron chi connectivity index (χ1n) is 7.01. The number of rotatable bonds is 4. The zero-order valence-electron chi connectivity index (χ0n) is 11.7. The fourth-order valence-corrected chi connectivity index (χ4v) is 3.41. The molecule has 1 aromatic carbocycles. The second kappa shape index (κ2) is 6.33. The summed E-state index contributed by atoms with van der Waals surface area (Å²) in [6, 6.07) is 4.98. The molecular weight excluding hydrogens is 307 g/mol. The molecule has 2 nitrogen and oxygen atoms in total. The van der Waals surface area contributed by atoms with E-state index < -0.39 is 0 Å². The first-order chi connectivity index (χ1) is 9.11. The third-order valence-corrected chi connectivity index (χ3v) is 5.11. The van der Waals surface area contributed by atoms with Gasteiger partial charge in [-0.15, -0.1) is 0 Å². The Bertz CT molecular complexity index is 432. The Balaban J connectivity index is 2.19. The van der Waals surface area contributed by atoms with Gasteiger partial charge in [-0.3, -0.25) is 4.90 Å². The van der Waals surface area contributed by atoms with Crippen LogP contribution in [0, 0.1) is 5.82 Å². The third kappa shape index (κ3) is 3.18. The number of nitrogens with zero attached hydrogens (tertiary/aromatic N) is 1.